The van der Waals surface area contributed by atoms with Gasteiger partial charge in [-0.15, -0.1) is 0 Å². The van der Waals surface area contributed by atoms with Gasteiger partial charge in [0.15, 0.2) is 15.4 Å². The molecule has 0 saturated carbocycles. The van der Waals surface area contributed by atoms with E-state index in [2.05, 4.69) is 0 Å². The molecular formula is C23H23NO7S. The van der Waals surface area contributed by atoms with Crippen molar-refractivity contribution in [2.24, 2.45) is 5.92 Å². The van der Waals surface area contributed by atoms with Gasteiger partial charge in [-0.25, -0.2) is 18.0 Å². The zero-order valence-corrected chi connectivity index (χ0v) is 18.4. The summed E-state index contributed by atoms with van der Waals surface area (Å²) in [6, 6.07) is 16.9. The number of hydrogen-bond donors (Lipinski definition) is 1. The van der Waals surface area contributed by atoms with E-state index in [-0.39, 0.29) is 12.0 Å². The Morgan fingerprint density at radius 1 is 1.03 bits per heavy atom. The van der Waals surface area contributed by atoms with E-state index in [0.717, 1.165) is 10.5 Å². The van der Waals surface area contributed by atoms with Crippen molar-refractivity contribution in [1.29, 1.82) is 0 Å². The van der Waals surface area contributed by atoms with Gasteiger partial charge in [0.05, 0.1) is 11.5 Å². The van der Waals surface area contributed by atoms with Gasteiger partial charge in [-0.1, -0.05) is 48.5 Å². The zero-order valence-electron chi connectivity index (χ0n) is 17.6. The number of fused-ring (bicyclic) bond motifs is 1. The van der Waals surface area contributed by atoms with Crippen LogP contribution in [-0.2, 0) is 30.6 Å². The molecule has 0 aromatic heterocycles. The second-order valence-corrected chi connectivity index (χ2v) is 11.2. The Kier molecular flexibility index (Phi) is 5.12. The summed E-state index contributed by atoms with van der Waals surface area (Å²) in [5, 5.41) is 8.89. The lowest BCUT2D eigenvalue weighted by atomic mass is 9.78. The predicted octanol–water partition coefficient (Wildman–Crippen LogP) is 1.90. The molecule has 3 atom stereocenters. The monoisotopic (exact) mass is 457 g/mol. The predicted molar refractivity (Wildman–Crippen MR) is 114 cm³/mol. The standard InChI is InChI=1S/C23H23NO7S/c1-22(2)23(21(27)28,14-31-20(26)16-11-7-4-8-12-16)24-18(25)17(19(24)32(22,29)30)13-15-9-5-3-6-10-15/h3-12,17,19H,13-14H2,1-2H3,(H,27,28)/t17-,19-,23+/m1/s1. The molecule has 2 aliphatic rings. The first-order valence-electron chi connectivity index (χ1n) is 10.1. The summed E-state index contributed by atoms with van der Waals surface area (Å²) in [6.45, 7) is 1.78. The van der Waals surface area contributed by atoms with Gasteiger partial charge in [-0.2, -0.15) is 0 Å². The van der Waals surface area contributed by atoms with Crippen molar-refractivity contribution in [1.82, 2.24) is 4.90 Å². The Bertz CT molecular complexity index is 1180. The largest absolute Gasteiger partial charge is 0.479 e. The molecule has 0 aliphatic carbocycles. The van der Waals surface area contributed by atoms with Crippen LogP contribution in [0.1, 0.15) is 29.8 Å². The fraction of sp³-hybridized carbons (Fsp3) is 0.348. The Morgan fingerprint density at radius 3 is 2.16 bits per heavy atom. The Hall–Kier alpha value is -3.20. The van der Waals surface area contributed by atoms with Crippen LogP contribution >= 0.6 is 0 Å². The number of carbonyl (C=O) groups is 3. The first-order valence-corrected chi connectivity index (χ1v) is 11.7. The smallest absolute Gasteiger partial charge is 0.338 e. The molecule has 8 nitrogen and oxygen atoms in total. The number of sulfone groups is 1. The number of amides is 1. The fourth-order valence-electron chi connectivity index (χ4n) is 4.66. The molecule has 2 saturated heterocycles. The summed E-state index contributed by atoms with van der Waals surface area (Å²) in [5.41, 5.74) is -1.26. The minimum Gasteiger partial charge on any atom is -0.479 e. The number of esters is 1. The second-order valence-electron chi connectivity index (χ2n) is 8.56. The molecule has 2 aromatic carbocycles. The van der Waals surface area contributed by atoms with Crippen LogP contribution in [-0.4, -0.2) is 58.5 Å². The third-order valence-corrected chi connectivity index (χ3v) is 9.60. The zero-order chi connectivity index (χ0) is 23.3. The minimum atomic E-state index is -4.10. The first kappa shape index (κ1) is 22.0. The molecule has 0 bridgehead atoms. The topological polar surface area (TPSA) is 118 Å². The molecule has 32 heavy (non-hydrogen) atoms. The quantitative estimate of drug-likeness (QED) is 0.520. The molecule has 2 heterocycles. The molecule has 0 unspecified atom stereocenters. The van der Waals surface area contributed by atoms with Gasteiger partial charge < -0.3 is 14.7 Å². The highest BCUT2D eigenvalue weighted by atomic mass is 32.2. The number of β-lactam (4-membered cyclic amide) rings is 1. The van der Waals surface area contributed by atoms with Crippen LogP contribution in [0.3, 0.4) is 0 Å². The normalized spacial score (nSPS) is 27.3. The average molecular weight is 458 g/mol. The highest BCUT2D eigenvalue weighted by molar-refractivity contribution is 7.94. The van der Waals surface area contributed by atoms with Crippen LogP contribution in [0, 0.1) is 5.92 Å². The van der Waals surface area contributed by atoms with E-state index in [4.69, 9.17) is 4.74 Å². The number of benzene rings is 2. The number of rotatable bonds is 6. The van der Waals surface area contributed by atoms with Crippen molar-refractivity contribution in [2.75, 3.05) is 6.61 Å². The highest BCUT2D eigenvalue weighted by Crippen LogP contribution is 2.55. The maximum atomic E-state index is 13.5. The van der Waals surface area contributed by atoms with Crippen LogP contribution < -0.4 is 0 Å². The Labute approximate surface area is 185 Å². The van der Waals surface area contributed by atoms with Crippen LogP contribution in [0.5, 0.6) is 0 Å². The van der Waals surface area contributed by atoms with Crippen molar-refractivity contribution in [3.8, 4) is 0 Å². The minimum absolute atomic E-state index is 0.176. The summed E-state index contributed by atoms with van der Waals surface area (Å²) < 4.78 is 30.3. The van der Waals surface area contributed by atoms with Gasteiger partial charge in [0.25, 0.3) is 0 Å². The van der Waals surface area contributed by atoms with Crippen molar-refractivity contribution < 1.29 is 32.6 Å². The molecule has 1 amide bonds. The lowest BCUT2D eigenvalue weighted by molar-refractivity contribution is -0.178. The van der Waals surface area contributed by atoms with E-state index in [1.165, 1.54) is 26.0 Å². The highest BCUT2D eigenvalue weighted by Gasteiger charge is 2.80. The molecule has 4 rings (SSSR count). The number of ether oxygens (including phenoxy) is 1. The van der Waals surface area contributed by atoms with E-state index < -0.39 is 55.9 Å². The maximum Gasteiger partial charge on any atom is 0.338 e. The van der Waals surface area contributed by atoms with Gasteiger partial charge in [-0.3, -0.25) is 4.79 Å². The van der Waals surface area contributed by atoms with E-state index in [9.17, 15) is 27.9 Å². The van der Waals surface area contributed by atoms with Gasteiger partial charge in [0.1, 0.15) is 16.7 Å². The van der Waals surface area contributed by atoms with Crippen LogP contribution in [0.25, 0.3) is 0 Å². The SMILES string of the molecule is CC1(C)[C@](COC(=O)c2ccccc2)(C(=O)O)N2C(=O)[C@@H](Cc3ccccc3)[C@H]2S1(=O)=O. The summed E-state index contributed by atoms with van der Waals surface area (Å²) in [5.74, 6) is -3.79. The first-order chi connectivity index (χ1) is 15.1. The molecular weight excluding hydrogens is 434 g/mol. The van der Waals surface area contributed by atoms with E-state index in [1.54, 1.807) is 42.5 Å². The van der Waals surface area contributed by atoms with Crippen molar-refractivity contribution in [3.63, 3.8) is 0 Å². The van der Waals surface area contributed by atoms with E-state index in [1.807, 2.05) is 6.07 Å². The van der Waals surface area contributed by atoms with Gasteiger partial charge in [0.2, 0.25) is 5.91 Å². The molecule has 0 spiro atoms. The van der Waals surface area contributed by atoms with Gasteiger partial charge >= 0.3 is 11.9 Å². The van der Waals surface area contributed by atoms with Crippen LogP contribution in [0.15, 0.2) is 60.7 Å². The number of aliphatic carboxylic acids is 1. The second kappa shape index (κ2) is 7.44. The summed E-state index contributed by atoms with van der Waals surface area (Å²) in [6.07, 6.45) is 0.176. The van der Waals surface area contributed by atoms with Crippen LogP contribution in [0.4, 0.5) is 0 Å². The molecule has 1 N–H and O–H groups in total. The molecule has 168 valence electrons. The molecule has 2 aromatic rings. The van der Waals surface area contributed by atoms with E-state index >= 15 is 0 Å². The third-order valence-electron chi connectivity index (χ3n) is 6.66. The Morgan fingerprint density at radius 2 is 1.59 bits per heavy atom. The fourth-order valence-corrected chi connectivity index (χ4v) is 7.19. The summed E-state index contributed by atoms with van der Waals surface area (Å²) in [4.78, 5) is 39.0. The molecule has 2 fully saturated rings. The lowest BCUT2D eigenvalue weighted by Gasteiger charge is -2.48. The van der Waals surface area contributed by atoms with Gasteiger partial charge in [0, 0.05) is 0 Å². The Balaban J connectivity index is 1.69. The summed E-state index contributed by atoms with van der Waals surface area (Å²) in [7, 11) is -4.10. The maximum absolute atomic E-state index is 13.5. The number of hydrogen-bond acceptors (Lipinski definition) is 6. The average Bonchev–Trinajstić information content (AvgIpc) is 2.90. The summed E-state index contributed by atoms with van der Waals surface area (Å²) >= 11 is 0. The number of carbonyl (C=O) groups excluding carboxylic acids is 2. The number of nitrogens with zero attached hydrogens (tertiary/aromatic N) is 1. The number of carboxylic acids is 1. The van der Waals surface area contributed by atoms with Crippen molar-refractivity contribution >= 4 is 27.7 Å². The van der Waals surface area contributed by atoms with Crippen molar-refractivity contribution in [3.05, 3.63) is 71.8 Å². The molecule has 0 radical (unpaired) electrons. The molecule has 9 heteroatoms. The van der Waals surface area contributed by atoms with Crippen molar-refractivity contribution in [2.45, 2.75) is 35.9 Å². The molecule has 2 aliphatic heterocycles. The van der Waals surface area contributed by atoms with Crippen LogP contribution in [0.2, 0.25) is 0 Å². The van der Waals surface area contributed by atoms with E-state index in [0.29, 0.717) is 0 Å². The number of carboxylic acid groups (broad SMARTS) is 1. The third kappa shape index (κ3) is 2.87. The lowest BCUT2D eigenvalue weighted by Crippen LogP contribution is -2.72. The van der Waals surface area contributed by atoms with Gasteiger partial charge in [-0.05, 0) is 38.0 Å².